The van der Waals surface area contributed by atoms with Gasteiger partial charge in [-0.1, -0.05) is 43.2 Å². The van der Waals surface area contributed by atoms with Crippen molar-refractivity contribution in [3.05, 3.63) is 58.7 Å². The normalized spacial score (nSPS) is 10.9. The number of hydrogen-bond donors (Lipinski definition) is 0. The molecular weight excluding hydrogens is 288 g/mol. The van der Waals surface area contributed by atoms with Gasteiger partial charge in [0.25, 0.3) is 0 Å². The Bertz CT molecular complexity index is 772. The fourth-order valence-electron chi connectivity index (χ4n) is 2.50. The molecule has 0 fully saturated rings. The van der Waals surface area contributed by atoms with Gasteiger partial charge in [-0.15, -0.1) is 11.3 Å². The van der Waals surface area contributed by atoms with Crippen LogP contribution in [0.2, 0.25) is 0 Å². The molecule has 3 aromatic rings. The molecule has 0 spiro atoms. The van der Waals surface area contributed by atoms with E-state index in [1.54, 1.807) is 11.3 Å². The van der Waals surface area contributed by atoms with Gasteiger partial charge in [-0.25, -0.2) is 4.98 Å². The van der Waals surface area contributed by atoms with Gasteiger partial charge in [0, 0.05) is 27.9 Å². The van der Waals surface area contributed by atoms with E-state index in [9.17, 15) is 0 Å². The Kier molecular flexibility index (Phi) is 4.34. The van der Waals surface area contributed by atoms with Crippen LogP contribution in [-0.4, -0.2) is 9.97 Å². The molecule has 0 unspecified atom stereocenters. The number of pyridine rings is 1. The van der Waals surface area contributed by atoms with Crippen LogP contribution in [0.15, 0.2) is 42.6 Å². The maximum atomic E-state index is 4.87. The Hall–Kier alpha value is -2.00. The highest BCUT2D eigenvalue weighted by Crippen LogP contribution is 2.33. The molecule has 0 saturated heterocycles. The first-order valence-corrected chi connectivity index (χ1v) is 8.49. The molecule has 1 aromatic carbocycles. The minimum atomic E-state index is 1.02. The van der Waals surface area contributed by atoms with Crippen LogP contribution in [0.1, 0.15) is 29.5 Å². The molecule has 2 nitrogen and oxygen atoms in total. The molecule has 22 heavy (non-hydrogen) atoms. The second kappa shape index (κ2) is 6.41. The zero-order valence-corrected chi connectivity index (χ0v) is 14.1. The monoisotopic (exact) mass is 308 g/mol. The lowest BCUT2D eigenvalue weighted by Crippen LogP contribution is -1.89. The Morgan fingerprint density at radius 1 is 1.00 bits per heavy atom. The molecule has 0 saturated carbocycles. The standard InChI is InChI=1S/C19H20N2S/c1-4-5-17-12-16(10-11-20-17)19-21-18(14(3)22-19)15-8-6-13(2)7-9-15/h6-12H,4-5H2,1-3H3. The molecule has 0 aliphatic carbocycles. The highest BCUT2D eigenvalue weighted by molar-refractivity contribution is 7.15. The molecule has 0 bridgehead atoms. The van der Waals surface area contributed by atoms with Gasteiger partial charge in [-0.3, -0.25) is 4.98 Å². The van der Waals surface area contributed by atoms with E-state index in [1.165, 1.54) is 21.6 Å². The average Bonchev–Trinajstić information content (AvgIpc) is 2.91. The zero-order chi connectivity index (χ0) is 15.5. The van der Waals surface area contributed by atoms with Gasteiger partial charge < -0.3 is 0 Å². The van der Waals surface area contributed by atoms with Crippen molar-refractivity contribution in [2.45, 2.75) is 33.6 Å². The van der Waals surface area contributed by atoms with E-state index in [4.69, 9.17) is 4.98 Å². The Morgan fingerprint density at radius 2 is 1.77 bits per heavy atom. The first-order valence-electron chi connectivity index (χ1n) is 7.67. The van der Waals surface area contributed by atoms with Crippen molar-refractivity contribution in [1.29, 1.82) is 0 Å². The van der Waals surface area contributed by atoms with Crippen molar-refractivity contribution in [3.63, 3.8) is 0 Å². The fraction of sp³-hybridized carbons (Fsp3) is 0.263. The Balaban J connectivity index is 1.98. The van der Waals surface area contributed by atoms with Gasteiger partial charge in [0.05, 0.1) is 5.69 Å². The highest BCUT2D eigenvalue weighted by Gasteiger charge is 2.11. The third kappa shape index (κ3) is 3.09. The summed E-state index contributed by atoms with van der Waals surface area (Å²) in [5, 5.41) is 1.08. The van der Waals surface area contributed by atoms with E-state index in [0.717, 1.165) is 29.2 Å². The largest absolute Gasteiger partial charge is 0.261 e. The fourth-order valence-corrected chi connectivity index (χ4v) is 3.44. The van der Waals surface area contributed by atoms with Crippen LogP contribution in [-0.2, 0) is 6.42 Å². The Labute approximate surface area is 135 Å². The molecule has 112 valence electrons. The van der Waals surface area contributed by atoms with E-state index in [-0.39, 0.29) is 0 Å². The summed E-state index contributed by atoms with van der Waals surface area (Å²) >= 11 is 1.75. The van der Waals surface area contributed by atoms with Gasteiger partial charge in [0.1, 0.15) is 5.01 Å². The third-order valence-corrected chi connectivity index (χ3v) is 4.71. The van der Waals surface area contributed by atoms with E-state index in [2.05, 4.69) is 62.2 Å². The number of rotatable bonds is 4. The summed E-state index contributed by atoms with van der Waals surface area (Å²) in [6.07, 6.45) is 4.02. The molecular formula is C19H20N2S. The summed E-state index contributed by atoms with van der Waals surface area (Å²) in [4.78, 5) is 10.6. The van der Waals surface area contributed by atoms with Crippen LogP contribution in [0, 0.1) is 13.8 Å². The van der Waals surface area contributed by atoms with Crippen LogP contribution >= 0.6 is 11.3 Å². The van der Waals surface area contributed by atoms with Gasteiger partial charge in [0.2, 0.25) is 0 Å². The SMILES string of the molecule is CCCc1cc(-c2nc(-c3ccc(C)cc3)c(C)s2)ccn1. The maximum absolute atomic E-state index is 4.87. The van der Waals surface area contributed by atoms with Crippen LogP contribution < -0.4 is 0 Å². The number of thiazole rings is 1. The molecule has 0 radical (unpaired) electrons. The van der Waals surface area contributed by atoms with Crippen LogP contribution in [0.4, 0.5) is 0 Å². The third-order valence-electron chi connectivity index (χ3n) is 3.69. The zero-order valence-electron chi connectivity index (χ0n) is 13.3. The maximum Gasteiger partial charge on any atom is 0.124 e. The summed E-state index contributed by atoms with van der Waals surface area (Å²) in [5.74, 6) is 0. The topological polar surface area (TPSA) is 25.8 Å². The summed E-state index contributed by atoms with van der Waals surface area (Å²) in [6.45, 7) is 6.43. The lowest BCUT2D eigenvalue weighted by atomic mass is 10.1. The molecule has 0 aliphatic rings. The van der Waals surface area contributed by atoms with Gasteiger partial charge in [-0.2, -0.15) is 0 Å². The molecule has 3 heteroatoms. The highest BCUT2D eigenvalue weighted by atomic mass is 32.1. The van der Waals surface area contributed by atoms with E-state index < -0.39 is 0 Å². The summed E-state index contributed by atoms with van der Waals surface area (Å²) < 4.78 is 0. The molecule has 0 amide bonds. The van der Waals surface area contributed by atoms with Crippen molar-refractivity contribution >= 4 is 11.3 Å². The van der Waals surface area contributed by atoms with E-state index >= 15 is 0 Å². The van der Waals surface area contributed by atoms with Crippen molar-refractivity contribution in [2.24, 2.45) is 0 Å². The van der Waals surface area contributed by atoms with E-state index in [0.29, 0.717) is 0 Å². The molecule has 0 aliphatic heterocycles. The van der Waals surface area contributed by atoms with Crippen LogP contribution in [0.25, 0.3) is 21.8 Å². The van der Waals surface area contributed by atoms with Gasteiger partial charge in [0.15, 0.2) is 0 Å². The molecule has 2 heterocycles. The number of benzene rings is 1. The number of hydrogen-bond acceptors (Lipinski definition) is 3. The summed E-state index contributed by atoms with van der Waals surface area (Å²) in [6, 6.07) is 12.8. The minimum Gasteiger partial charge on any atom is -0.261 e. The molecule has 3 rings (SSSR count). The number of aryl methyl sites for hydroxylation is 3. The minimum absolute atomic E-state index is 1.02. The smallest absolute Gasteiger partial charge is 0.124 e. The predicted octanol–water partition coefficient (Wildman–Crippen LogP) is 5.44. The predicted molar refractivity (Wildman–Crippen MR) is 94.3 cm³/mol. The Morgan fingerprint density at radius 3 is 2.50 bits per heavy atom. The second-order valence-electron chi connectivity index (χ2n) is 5.58. The van der Waals surface area contributed by atoms with Crippen molar-refractivity contribution in [1.82, 2.24) is 9.97 Å². The van der Waals surface area contributed by atoms with Gasteiger partial charge >= 0.3 is 0 Å². The van der Waals surface area contributed by atoms with Crippen molar-refractivity contribution in [2.75, 3.05) is 0 Å². The van der Waals surface area contributed by atoms with Crippen LogP contribution in [0.5, 0.6) is 0 Å². The van der Waals surface area contributed by atoms with Crippen molar-refractivity contribution in [3.8, 4) is 21.8 Å². The number of nitrogens with zero attached hydrogens (tertiary/aromatic N) is 2. The van der Waals surface area contributed by atoms with Crippen LogP contribution in [0.3, 0.4) is 0 Å². The molecule has 2 aromatic heterocycles. The molecule has 0 atom stereocenters. The first kappa shape index (κ1) is 14.9. The second-order valence-corrected chi connectivity index (χ2v) is 6.78. The quantitative estimate of drug-likeness (QED) is 0.641. The summed E-state index contributed by atoms with van der Waals surface area (Å²) in [7, 11) is 0. The first-order chi connectivity index (χ1) is 10.7. The van der Waals surface area contributed by atoms with E-state index in [1.807, 2.05) is 6.20 Å². The lowest BCUT2D eigenvalue weighted by molar-refractivity contribution is 0.883. The van der Waals surface area contributed by atoms with Gasteiger partial charge in [-0.05, 0) is 32.4 Å². The summed E-state index contributed by atoms with van der Waals surface area (Å²) in [5.41, 5.74) is 5.87. The lowest BCUT2D eigenvalue weighted by Gasteiger charge is -2.01. The molecule has 0 N–H and O–H groups in total. The number of aromatic nitrogens is 2. The average molecular weight is 308 g/mol. The van der Waals surface area contributed by atoms with Crippen molar-refractivity contribution < 1.29 is 0 Å².